The Morgan fingerprint density at radius 2 is 1.21 bits per heavy atom. The van der Waals surface area contributed by atoms with Crippen LogP contribution in [-0.2, 0) is 0 Å². The molecule has 0 aliphatic carbocycles. The van der Waals surface area contributed by atoms with Crippen LogP contribution in [-0.4, -0.2) is 0 Å². The molecule has 4 rings (SSSR count). The molecule has 0 aliphatic heterocycles. The highest BCUT2D eigenvalue weighted by Crippen LogP contribution is 2.42. The Bertz CT molecular complexity index is 1140. The normalized spacial score (nSPS) is 15.0. The molecule has 0 amide bonds. The number of nitrogens with two attached hydrogens (primary N) is 2. The maximum atomic E-state index is 7.07. The molecule has 4 aromatic rings. The van der Waals surface area contributed by atoms with Crippen molar-refractivity contribution in [1.82, 2.24) is 0 Å². The smallest absolute Gasteiger partial charge is 0.0367 e. The van der Waals surface area contributed by atoms with Crippen LogP contribution in [0.5, 0.6) is 0 Å². The lowest BCUT2D eigenvalue weighted by atomic mass is 9.73. The van der Waals surface area contributed by atoms with E-state index in [1.54, 1.807) is 0 Å². The van der Waals surface area contributed by atoms with Gasteiger partial charge in [-0.2, -0.15) is 0 Å². The Balaban J connectivity index is 1.67. The maximum Gasteiger partial charge on any atom is 0.0367 e. The molecular weight excluding hydrogens is 412 g/mol. The number of fused-ring (bicyclic) bond motifs is 1. The van der Waals surface area contributed by atoms with E-state index in [-0.39, 0.29) is 18.0 Å². The van der Waals surface area contributed by atoms with Crippen molar-refractivity contribution in [3.63, 3.8) is 0 Å². The van der Waals surface area contributed by atoms with Crippen LogP contribution in [0.15, 0.2) is 103 Å². The molecule has 0 aromatic heterocycles. The quantitative estimate of drug-likeness (QED) is 0.244. The summed E-state index contributed by atoms with van der Waals surface area (Å²) in [5, 5.41) is 2.55. The highest BCUT2D eigenvalue weighted by molar-refractivity contribution is 5.83. The van der Waals surface area contributed by atoms with Gasteiger partial charge >= 0.3 is 0 Å². The zero-order valence-electron chi connectivity index (χ0n) is 20.3. The summed E-state index contributed by atoms with van der Waals surface area (Å²) in [7, 11) is 0. The van der Waals surface area contributed by atoms with Gasteiger partial charge in [-0.05, 0) is 52.6 Å². The van der Waals surface area contributed by atoms with E-state index < -0.39 is 0 Å². The van der Waals surface area contributed by atoms with Crippen molar-refractivity contribution in [3.05, 3.63) is 120 Å². The fourth-order valence-corrected chi connectivity index (χ4v) is 5.30. The standard InChI is InChI=1S/C32H38N2/c1-2-3-12-26(21-22-30(33)25-14-6-4-7-15-25)31(32(34)27-16-8-5-9-17-27)29-20-19-24-13-10-11-18-28(24)23-29/h4-11,13-20,23,26,30-32H,2-3,12,21-22,33-34H2,1H3. The van der Waals surface area contributed by atoms with Crippen LogP contribution in [0, 0.1) is 5.92 Å². The zero-order valence-corrected chi connectivity index (χ0v) is 20.3. The first-order chi connectivity index (χ1) is 16.7. The fourth-order valence-electron chi connectivity index (χ4n) is 5.30. The van der Waals surface area contributed by atoms with Crippen molar-refractivity contribution < 1.29 is 0 Å². The predicted octanol–water partition coefficient (Wildman–Crippen LogP) is 7.91. The Labute approximate surface area is 205 Å². The van der Waals surface area contributed by atoms with Crippen LogP contribution >= 0.6 is 0 Å². The number of benzene rings is 4. The molecule has 0 saturated heterocycles. The molecule has 0 heterocycles. The maximum absolute atomic E-state index is 7.07. The topological polar surface area (TPSA) is 52.0 Å². The molecule has 4 atom stereocenters. The van der Waals surface area contributed by atoms with Crippen LogP contribution in [0.25, 0.3) is 10.8 Å². The minimum absolute atomic E-state index is 0.0514. The lowest BCUT2D eigenvalue weighted by Crippen LogP contribution is -2.27. The summed E-state index contributed by atoms with van der Waals surface area (Å²) in [5.74, 6) is 0.701. The van der Waals surface area contributed by atoms with Gasteiger partial charge in [0.2, 0.25) is 0 Å². The average Bonchev–Trinajstić information content (AvgIpc) is 2.90. The third kappa shape index (κ3) is 5.94. The van der Waals surface area contributed by atoms with Crippen molar-refractivity contribution in [2.75, 3.05) is 0 Å². The van der Waals surface area contributed by atoms with Gasteiger partial charge in [-0.25, -0.2) is 0 Å². The lowest BCUT2D eigenvalue weighted by Gasteiger charge is -2.34. The molecule has 4 aromatic carbocycles. The number of unbranched alkanes of at least 4 members (excludes halogenated alkanes) is 1. The molecule has 0 spiro atoms. The van der Waals surface area contributed by atoms with Crippen molar-refractivity contribution in [2.24, 2.45) is 17.4 Å². The third-order valence-corrected chi connectivity index (χ3v) is 7.24. The van der Waals surface area contributed by atoms with Gasteiger partial charge in [0.25, 0.3) is 0 Å². The summed E-state index contributed by atoms with van der Waals surface area (Å²) in [6.07, 6.45) is 5.58. The molecule has 0 radical (unpaired) electrons. The van der Waals surface area contributed by atoms with Crippen LogP contribution < -0.4 is 11.5 Å². The molecule has 0 saturated carbocycles. The Morgan fingerprint density at radius 1 is 0.588 bits per heavy atom. The van der Waals surface area contributed by atoms with E-state index >= 15 is 0 Å². The van der Waals surface area contributed by atoms with Crippen molar-refractivity contribution in [3.8, 4) is 0 Å². The molecule has 0 aliphatic rings. The highest BCUT2D eigenvalue weighted by atomic mass is 14.7. The van der Waals surface area contributed by atoms with E-state index in [9.17, 15) is 0 Å². The Hall–Kier alpha value is -2.94. The van der Waals surface area contributed by atoms with Gasteiger partial charge in [0.05, 0.1) is 0 Å². The second-order valence-corrected chi connectivity index (χ2v) is 9.57. The fraction of sp³-hybridized carbons (Fsp3) is 0.312. The van der Waals surface area contributed by atoms with Crippen LogP contribution in [0.3, 0.4) is 0 Å². The third-order valence-electron chi connectivity index (χ3n) is 7.24. The van der Waals surface area contributed by atoms with Crippen molar-refractivity contribution in [1.29, 1.82) is 0 Å². The summed E-state index contributed by atoms with van der Waals surface area (Å²) in [6, 6.07) is 36.6. The van der Waals surface area contributed by atoms with Crippen LogP contribution in [0.1, 0.15) is 73.7 Å². The molecule has 0 fully saturated rings. The Kier molecular flexibility index (Phi) is 8.51. The first kappa shape index (κ1) is 24.2. The number of hydrogen-bond donors (Lipinski definition) is 2. The summed E-state index contributed by atoms with van der Waals surface area (Å²) < 4.78 is 0. The molecule has 4 N–H and O–H groups in total. The monoisotopic (exact) mass is 450 g/mol. The molecule has 0 bridgehead atoms. The largest absolute Gasteiger partial charge is 0.324 e. The predicted molar refractivity (Wildman–Crippen MR) is 146 cm³/mol. The molecule has 4 unspecified atom stereocenters. The van der Waals surface area contributed by atoms with Crippen molar-refractivity contribution in [2.45, 2.75) is 57.0 Å². The van der Waals surface area contributed by atoms with Gasteiger partial charge in [0.1, 0.15) is 0 Å². The lowest BCUT2D eigenvalue weighted by molar-refractivity contribution is 0.307. The second kappa shape index (κ2) is 12.0. The van der Waals surface area contributed by atoms with E-state index in [0.29, 0.717) is 5.92 Å². The van der Waals surface area contributed by atoms with Gasteiger partial charge in [0, 0.05) is 18.0 Å². The van der Waals surface area contributed by atoms with Gasteiger partial charge in [0.15, 0.2) is 0 Å². The van der Waals surface area contributed by atoms with Gasteiger partial charge < -0.3 is 11.5 Å². The number of rotatable bonds is 11. The average molecular weight is 451 g/mol. The summed E-state index contributed by atoms with van der Waals surface area (Å²) in [4.78, 5) is 0. The summed E-state index contributed by atoms with van der Waals surface area (Å²) in [5.41, 5.74) is 17.5. The van der Waals surface area contributed by atoms with Gasteiger partial charge in [-0.3, -0.25) is 0 Å². The van der Waals surface area contributed by atoms with Crippen molar-refractivity contribution >= 4 is 10.8 Å². The molecule has 34 heavy (non-hydrogen) atoms. The van der Waals surface area contributed by atoms with Gasteiger partial charge in [-0.15, -0.1) is 0 Å². The minimum Gasteiger partial charge on any atom is -0.324 e. The molecular formula is C32H38N2. The van der Waals surface area contributed by atoms with E-state index in [1.807, 2.05) is 0 Å². The van der Waals surface area contributed by atoms with Gasteiger partial charge in [-0.1, -0.05) is 123 Å². The summed E-state index contributed by atoms with van der Waals surface area (Å²) in [6.45, 7) is 2.27. The number of hydrogen-bond acceptors (Lipinski definition) is 2. The SMILES string of the molecule is CCCCC(CCC(N)c1ccccc1)C(c1ccc2ccccc2c1)C(N)c1ccccc1. The summed E-state index contributed by atoms with van der Waals surface area (Å²) >= 11 is 0. The van der Waals surface area contributed by atoms with Crippen LogP contribution in [0.2, 0.25) is 0 Å². The van der Waals surface area contributed by atoms with Crippen LogP contribution in [0.4, 0.5) is 0 Å². The molecule has 176 valence electrons. The highest BCUT2D eigenvalue weighted by Gasteiger charge is 2.30. The first-order valence-electron chi connectivity index (χ1n) is 12.8. The molecule has 2 nitrogen and oxygen atoms in total. The van der Waals surface area contributed by atoms with E-state index in [1.165, 1.54) is 40.3 Å². The first-order valence-corrected chi connectivity index (χ1v) is 12.8. The minimum atomic E-state index is -0.0582. The Morgan fingerprint density at radius 3 is 1.88 bits per heavy atom. The second-order valence-electron chi connectivity index (χ2n) is 9.57. The van der Waals surface area contributed by atoms with E-state index in [2.05, 4.69) is 110 Å². The zero-order chi connectivity index (χ0) is 23.8. The van der Waals surface area contributed by atoms with E-state index in [4.69, 9.17) is 11.5 Å². The van der Waals surface area contributed by atoms with E-state index in [0.717, 1.165) is 19.3 Å². The molecule has 2 heteroatoms.